The number of imidazole rings is 1. The molecule has 0 amide bonds. The maximum absolute atomic E-state index is 10.5. The molecule has 1 N–H and O–H groups in total. The normalized spacial score (nSPS) is 12.5. The SMILES string of the molecule is CCCc1nc2ccccc2n1C[C@H](O)COc1cc(C)ccc1C. The number of ether oxygens (including phenoxy) is 1. The molecule has 0 saturated heterocycles. The topological polar surface area (TPSA) is 47.3 Å². The first-order valence-electron chi connectivity index (χ1n) is 8.90. The number of nitrogens with zero attached hydrogens (tertiary/aromatic N) is 2. The average molecular weight is 338 g/mol. The molecule has 1 aromatic heterocycles. The summed E-state index contributed by atoms with van der Waals surface area (Å²) in [4.78, 5) is 4.71. The second-order valence-corrected chi connectivity index (χ2v) is 6.61. The van der Waals surface area contributed by atoms with Crippen LogP contribution in [-0.2, 0) is 13.0 Å². The van der Waals surface area contributed by atoms with Crippen molar-refractivity contribution in [1.82, 2.24) is 9.55 Å². The van der Waals surface area contributed by atoms with Gasteiger partial charge in [-0.1, -0.05) is 31.2 Å². The highest BCUT2D eigenvalue weighted by Crippen LogP contribution is 2.21. The second-order valence-electron chi connectivity index (χ2n) is 6.61. The molecule has 0 bridgehead atoms. The van der Waals surface area contributed by atoms with E-state index >= 15 is 0 Å². The molecule has 0 aliphatic carbocycles. The molecule has 0 unspecified atom stereocenters. The van der Waals surface area contributed by atoms with Crippen LogP contribution in [0.5, 0.6) is 5.75 Å². The van der Waals surface area contributed by atoms with Crippen LogP contribution in [0.15, 0.2) is 42.5 Å². The van der Waals surface area contributed by atoms with Gasteiger partial charge in [-0.2, -0.15) is 0 Å². The zero-order valence-corrected chi connectivity index (χ0v) is 15.2. The summed E-state index contributed by atoms with van der Waals surface area (Å²) in [5.41, 5.74) is 4.28. The van der Waals surface area contributed by atoms with Gasteiger partial charge < -0.3 is 14.4 Å². The molecule has 0 saturated carbocycles. The standard InChI is InChI=1S/C21H26N2O2/c1-4-7-21-22-18-8-5-6-9-19(18)23(21)13-17(24)14-25-20-12-15(2)10-11-16(20)3/h5-6,8-12,17,24H,4,7,13-14H2,1-3H3/t17-/m0/s1. The fourth-order valence-corrected chi connectivity index (χ4v) is 3.06. The van der Waals surface area contributed by atoms with E-state index in [0.29, 0.717) is 6.54 Å². The van der Waals surface area contributed by atoms with Gasteiger partial charge in [0, 0.05) is 6.42 Å². The molecule has 1 heterocycles. The Morgan fingerprint density at radius 3 is 2.76 bits per heavy atom. The third kappa shape index (κ3) is 4.02. The van der Waals surface area contributed by atoms with Crippen molar-refractivity contribution in [2.24, 2.45) is 0 Å². The highest BCUT2D eigenvalue weighted by atomic mass is 16.5. The first-order valence-corrected chi connectivity index (χ1v) is 8.90. The quantitative estimate of drug-likeness (QED) is 0.707. The van der Waals surface area contributed by atoms with E-state index in [9.17, 15) is 5.11 Å². The van der Waals surface area contributed by atoms with Crippen molar-refractivity contribution in [2.75, 3.05) is 6.61 Å². The molecule has 0 spiro atoms. The molecule has 0 aliphatic rings. The molecular weight excluding hydrogens is 312 g/mol. The Balaban J connectivity index is 1.74. The van der Waals surface area contributed by atoms with Gasteiger partial charge in [0.2, 0.25) is 0 Å². The van der Waals surface area contributed by atoms with Gasteiger partial charge >= 0.3 is 0 Å². The Labute approximate surface area is 149 Å². The Morgan fingerprint density at radius 2 is 1.96 bits per heavy atom. The van der Waals surface area contributed by atoms with E-state index in [0.717, 1.165) is 46.6 Å². The number of para-hydroxylation sites is 2. The van der Waals surface area contributed by atoms with Crippen LogP contribution in [-0.4, -0.2) is 27.4 Å². The lowest BCUT2D eigenvalue weighted by molar-refractivity contribution is 0.0923. The van der Waals surface area contributed by atoms with Crippen molar-refractivity contribution in [3.8, 4) is 5.75 Å². The number of hydrogen-bond acceptors (Lipinski definition) is 3. The molecule has 4 heteroatoms. The molecule has 0 fully saturated rings. The molecule has 0 aliphatic heterocycles. The van der Waals surface area contributed by atoms with Crippen LogP contribution in [0.25, 0.3) is 11.0 Å². The van der Waals surface area contributed by atoms with E-state index in [1.54, 1.807) is 0 Å². The van der Waals surface area contributed by atoms with Gasteiger partial charge in [-0.3, -0.25) is 0 Å². The second kappa shape index (κ2) is 7.70. The smallest absolute Gasteiger partial charge is 0.122 e. The largest absolute Gasteiger partial charge is 0.491 e. The first-order chi connectivity index (χ1) is 12.1. The predicted octanol–water partition coefficient (Wildman–Crippen LogP) is 4.05. The van der Waals surface area contributed by atoms with Crippen molar-refractivity contribution in [2.45, 2.75) is 46.3 Å². The molecule has 25 heavy (non-hydrogen) atoms. The summed E-state index contributed by atoms with van der Waals surface area (Å²) in [6.07, 6.45) is 1.34. The Bertz CT molecular complexity index is 854. The predicted molar refractivity (Wildman–Crippen MR) is 101 cm³/mol. The lowest BCUT2D eigenvalue weighted by Crippen LogP contribution is -2.24. The number of aliphatic hydroxyl groups is 1. The van der Waals surface area contributed by atoms with Crippen molar-refractivity contribution in [3.63, 3.8) is 0 Å². The number of fused-ring (bicyclic) bond motifs is 1. The lowest BCUT2D eigenvalue weighted by atomic mass is 10.1. The van der Waals surface area contributed by atoms with Crippen LogP contribution in [0, 0.1) is 13.8 Å². The number of aromatic nitrogens is 2. The number of aryl methyl sites for hydroxylation is 3. The van der Waals surface area contributed by atoms with Crippen LogP contribution in [0.4, 0.5) is 0 Å². The molecular formula is C21H26N2O2. The highest BCUT2D eigenvalue weighted by Gasteiger charge is 2.14. The molecule has 4 nitrogen and oxygen atoms in total. The van der Waals surface area contributed by atoms with Crippen molar-refractivity contribution < 1.29 is 9.84 Å². The minimum atomic E-state index is -0.590. The minimum absolute atomic E-state index is 0.266. The third-order valence-electron chi connectivity index (χ3n) is 4.38. The molecule has 3 rings (SSSR count). The number of rotatable bonds is 7. The third-order valence-corrected chi connectivity index (χ3v) is 4.38. The molecule has 0 radical (unpaired) electrons. The van der Waals surface area contributed by atoms with Gasteiger partial charge in [0.1, 0.15) is 24.3 Å². The van der Waals surface area contributed by atoms with E-state index in [1.165, 1.54) is 0 Å². The molecule has 3 aromatic rings. The maximum Gasteiger partial charge on any atom is 0.122 e. The van der Waals surface area contributed by atoms with E-state index in [-0.39, 0.29) is 6.61 Å². The lowest BCUT2D eigenvalue weighted by Gasteiger charge is -2.17. The number of benzene rings is 2. The van der Waals surface area contributed by atoms with Crippen LogP contribution >= 0.6 is 0 Å². The van der Waals surface area contributed by atoms with Gasteiger partial charge in [0.15, 0.2) is 0 Å². The highest BCUT2D eigenvalue weighted by molar-refractivity contribution is 5.75. The van der Waals surface area contributed by atoms with E-state index in [4.69, 9.17) is 9.72 Å². The fourth-order valence-electron chi connectivity index (χ4n) is 3.06. The Hall–Kier alpha value is -2.33. The van der Waals surface area contributed by atoms with Gasteiger partial charge in [-0.05, 0) is 49.6 Å². The monoisotopic (exact) mass is 338 g/mol. The van der Waals surface area contributed by atoms with Gasteiger partial charge in [0.25, 0.3) is 0 Å². The molecule has 2 aromatic carbocycles. The van der Waals surface area contributed by atoms with Crippen LogP contribution < -0.4 is 4.74 Å². The summed E-state index contributed by atoms with van der Waals surface area (Å²) in [6.45, 7) is 6.95. The average Bonchev–Trinajstić information content (AvgIpc) is 2.94. The van der Waals surface area contributed by atoms with Crippen molar-refractivity contribution >= 4 is 11.0 Å². The van der Waals surface area contributed by atoms with Gasteiger partial charge in [-0.15, -0.1) is 0 Å². The zero-order chi connectivity index (χ0) is 17.8. The summed E-state index contributed by atoms with van der Waals surface area (Å²) in [5, 5.41) is 10.5. The van der Waals surface area contributed by atoms with Crippen LogP contribution in [0.2, 0.25) is 0 Å². The van der Waals surface area contributed by atoms with Crippen molar-refractivity contribution in [1.29, 1.82) is 0 Å². The summed E-state index contributed by atoms with van der Waals surface area (Å²) < 4.78 is 7.98. The minimum Gasteiger partial charge on any atom is -0.491 e. The Morgan fingerprint density at radius 1 is 1.16 bits per heavy atom. The van der Waals surface area contributed by atoms with Crippen LogP contribution in [0.1, 0.15) is 30.3 Å². The Kier molecular flexibility index (Phi) is 5.39. The summed E-state index contributed by atoms with van der Waals surface area (Å²) >= 11 is 0. The number of aliphatic hydroxyl groups excluding tert-OH is 1. The van der Waals surface area contributed by atoms with E-state index in [1.807, 2.05) is 44.2 Å². The van der Waals surface area contributed by atoms with Gasteiger partial charge in [-0.25, -0.2) is 4.98 Å². The number of hydrogen-bond donors (Lipinski definition) is 1. The van der Waals surface area contributed by atoms with E-state index in [2.05, 4.69) is 23.6 Å². The molecule has 132 valence electrons. The first kappa shape index (κ1) is 17.5. The van der Waals surface area contributed by atoms with Crippen LogP contribution in [0.3, 0.4) is 0 Å². The molecule has 1 atom stereocenters. The fraction of sp³-hybridized carbons (Fsp3) is 0.381. The van der Waals surface area contributed by atoms with Gasteiger partial charge in [0.05, 0.1) is 17.6 Å². The van der Waals surface area contributed by atoms with Crippen molar-refractivity contribution in [3.05, 3.63) is 59.4 Å². The summed E-state index contributed by atoms with van der Waals surface area (Å²) in [6, 6.07) is 14.2. The zero-order valence-electron chi connectivity index (χ0n) is 15.2. The van der Waals surface area contributed by atoms with E-state index < -0.39 is 6.10 Å². The summed E-state index contributed by atoms with van der Waals surface area (Å²) in [7, 11) is 0. The summed E-state index contributed by atoms with van der Waals surface area (Å²) in [5.74, 6) is 1.86. The maximum atomic E-state index is 10.5.